The number of para-hydroxylation sites is 1. The molecule has 0 radical (unpaired) electrons. The van der Waals surface area contributed by atoms with Crippen LogP contribution in [0.2, 0.25) is 0 Å². The van der Waals surface area contributed by atoms with E-state index < -0.39 is 0 Å². The number of methoxy groups -OCH3 is 2. The number of ether oxygens (including phenoxy) is 3. The molecule has 1 saturated heterocycles. The maximum atomic E-state index is 13.4. The molecule has 0 spiro atoms. The van der Waals surface area contributed by atoms with Crippen molar-refractivity contribution in [3.63, 3.8) is 0 Å². The molecule has 1 N–H and O–H groups in total. The van der Waals surface area contributed by atoms with Crippen molar-refractivity contribution in [3.05, 3.63) is 60.4 Å². The fourth-order valence-corrected chi connectivity index (χ4v) is 4.35. The van der Waals surface area contributed by atoms with Gasteiger partial charge in [0.2, 0.25) is 0 Å². The molecule has 1 fully saturated rings. The van der Waals surface area contributed by atoms with Crippen molar-refractivity contribution < 1.29 is 19.0 Å². The number of rotatable bonds is 9. The van der Waals surface area contributed by atoms with E-state index in [-0.39, 0.29) is 12.0 Å². The largest absolute Gasteiger partial charge is 0.493 e. The molecule has 3 aromatic rings. The summed E-state index contributed by atoms with van der Waals surface area (Å²) in [4.78, 5) is 15.7. The minimum Gasteiger partial charge on any atom is -0.493 e. The van der Waals surface area contributed by atoms with Crippen LogP contribution in [0.25, 0.3) is 16.8 Å². The van der Waals surface area contributed by atoms with E-state index in [0.29, 0.717) is 41.8 Å². The summed E-state index contributed by atoms with van der Waals surface area (Å²) in [6.07, 6.45) is 1.82. The van der Waals surface area contributed by atoms with E-state index in [0.717, 1.165) is 30.9 Å². The summed E-state index contributed by atoms with van der Waals surface area (Å²) < 4.78 is 18.5. The Hall–Kier alpha value is -3.36. The van der Waals surface area contributed by atoms with Crippen molar-refractivity contribution in [2.75, 3.05) is 47.0 Å². The number of nitrogens with zero attached hydrogens (tertiary/aromatic N) is 3. The quantitative estimate of drug-likeness (QED) is 0.506. The molecule has 1 amide bonds. The first-order valence-electron chi connectivity index (χ1n) is 12.0. The Morgan fingerprint density at radius 2 is 1.91 bits per heavy atom. The Morgan fingerprint density at radius 1 is 1.14 bits per heavy atom. The van der Waals surface area contributed by atoms with Gasteiger partial charge in [-0.25, -0.2) is 4.68 Å². The molecule has 1 unspecified atom stereocenters. The molecule has 1 aromatic heterocycles. The zero-order valence-corrected chi connectivity index (χ0v) is 20.9. The van der Waals surface area contributed by atoms with Crippen LogP contribution in [0.4, 0.5) is 0 Å². The SMILES string of the molecule is COc1ccc(-c2cn(-c3ccccc3)nc2C(=O)NCC2CN(CC(C)C)CCO2)cc1OC. The van der Waals surface area contributed by atoms with Crippen LogP contribution in [0.1, 0.15) is 24.3 Å². The summed E-state index contributed by atoms with van der Waals surface area (Å²) in [6.45, 7) is 8.28. The van der Waals surface area contributed by atoms with Gasteiger partial charge in [-0.1, -0.05) is 38.1 Å². The number of hydrogen-bond acceptors (Lipinski definition) is 6. The van der Waals surface area contributed by atoms with Crippen LogP contribution >= 0.6 is 0 Å². The smallest absolute Gasteiger partial charge is 0.272 e. The average Bonchev–Trinajstić information content (AvgIpc) is 3.33. The van der Waals surface area contributed by atoms with Gasteiger partial charge >= 0.3 is 0 Å². The summed E-state index contributed by atoms with van der Waals surface area (Å²) in [5.41, 5.74) is 2.73. The van der Waals surface area contributed by atoms with Gasteiger partial charge in [-0.15, -0.1) is 0 Å². The predicted molar refractivity (Wildman–Crippen MR) is 135 cm³/mol. The number of carbonyl (C=O) groups excluding carboxylic acids is 1. The first-order valence-corrected chi connectivity index (χ1v) is 12.0. The van der Waals surface area contributed by atoms with E-state index in [1.165, 1.54) is 0 Å². The third-order valence-electron chi connectivity index (χ3n) is 5.98. The summed E-state index contributed by atoms with van der Waals surface area (Å²) in [7, 11) is 3.19. The second-order valence-corrected chi connectivity index (χ2v) is 9.10. The molecular formula is C27H34N4O4. The molecule has 4 rings (SSSR count). The van der Waals surface area contributed by atoms with Gasteiger partial charge in [0.05, 0.1) is 32.6 Å². The lowest BCUT2D eigenvalue weighted by atomic mass is 10.1. The molecule has 2 aromatic carbocycles. The van der Waals surface area contributed by atoms with Gasteiger partial charge < -0.3 is 19.5 Å². The topological polar surface area (TPSA) is 77.9 Å². The third-order valence-corrected chi connectivity index (χ3v) is 5.98. The third kappa shape index (κ3) is 6.01. The zero-order chi connectivity index (χ0) is 24.8. The van der Waals surface area contributed by atoms with Crippen molar-refractivity contribution in [1.29, 1.82) is 0 Å². The first-order chi connectivity index (χ1) is 17.0. The molecule has 0 bridgehead atoms. The van der Waals surface area contributed by atoms with Gasteiger partial charge in [-0.05, 0) is 35.7 Å². The van der Waals surface area contributed by atoms with E-state index in [2.05, 4.69) is 29.2 Å². The summed E-state index contributed by atoms with van der Waals surface area (Å²) >= 11 is 0. The minimum absolute atomic E-state index is 0.0489. The number of hydrogen-bond donors (Lipinski definition) is 1. The molecule has 8 heteroatoms. The minimum atomic E-state index is -0.242. The second kappa shape index (κ2) is 11.4. The lowest BCUT2D eigenvalue weighted by Crippen LogP contribution is -2.48. The normalized spacial score (nSPS) is 16.3. The molecule has 0 aliphatic carbocycles. The van der Waals surface area contributed by atoms with Gasteiger partial charge in [0.25, 0.3) is 5.91 Å². The zero-order valence-electron chi connectivity index (χ0n) is 20.9. The number of amides is 1. The lowest BCUT2D eigenvalue weighted by molar-refractivity contribution is -0.0295. The number of benzene rings is 2. The predicted octanol–water partition coefficient (Wildman–Crippen LogP) is 3.64. The van der Waals surface area contributed by atoms with Gasteiger partial charge in [0, 0.05) is 37.9 Å². The Balaban J connectivity index is 1.58. The summed E-state index contributed by atoms with van der Waals surface area (Å²) in [6, 6.07) is 15.3. The molecule has 2 heterocycles. The van der Waals surface area contributed by atoms with E-state index in [1.807, 2.05) is 54.7 Å². The van der Waals surface area contributed by atoms with E-state index in [4.69, 9.17) is 14.2 Å². The molecule has 8 nitrogen and oxygen atoms in total. The maximum absolute atomic E-state index is 13.4. The van der Waals surface area contributed by atoms with E-state index in [1.54, 1.807) is 18.9 Å². The van der Waals surface area contributed by atoms with Crippen LogP contribution in [-0.2, 0) is 4.74 Å². The van der Waals surface area contributed by atoms with Crippen LogP contribution < -0.4 is 14.8 Å². The van der Waals surface area contributed by atoms with Gasteiger partial charge in [0.1, 0.15) is 0 Å². The number of aromatic nitrogens is 2. The van der Waals surface area contributed by atoms with Gasteiger partial charge in [0.15, 0.2) is 17.2 Å². The van der Waals surface area contributed by atoms with Crippen LogP contribution in [0.3, 0.4) is 0 Å². The highest BCUT2D eigenvalue weighted by Gasteiger charge is 2.24. The highest BCUT2D eigenvalue weighted by molar-refractivity contribution is 5.99. The van der Waals surface area contributed by atoms with Crippen molar-refractivity contribution in [2.45, 2.75) is 20.0 Å². The number of carbonyl (C=O) groups is 1. The van der Waals surface area contributed by atoms with Crippen molar-refractivity contribution in [2.24, 2.45) is 5.92 Å². The summed E-state index contributed by atoms with van der Waals surface area (Å²) in [5.74, 6) is 1.56. The molecule has 186 valence electrons. The highest BCUT2D eigenvalue weighted by atomic mass is 16.5. The van der Waals surface area contributed by atoms with Crippen LogP contribution in [0, 0.1) is 5.92 Å². The molecule has 0 saturated carbocycles. The monoisotopic (exact) mass is 478 g/mol. The summed E-state index contributed by atoms with van der Waals surface area (Å²) in [5, 5.41) is 7.70. The fraction of sp³-hybridized carbons (Fsp3) is 0.407. The Labute approximate surface area is 206 Å². The van der Waals surface area contributed by atoms with E-state index >= 15 is 0 Å². The van der Waals surface area contributed by atoms with Gasteiger partial charge in [-0.3, -0.25) is 9.69 Å². The second-order valence-electron chi connectivity index (χ2n) is 9.10. The van der Waals surface area contributed by atoms with Crippen molar-refractivity contribution in [3.8, 4) is 28.3 Å². The van der Waals surface area contributed by atoms with Crippen molar-refractivity contribution >= 4 is 5.91 Å². The molecule has 1 atom stereocenters. The highest BCUT2D eigenvalue weighted by Crippen LogP contribution is 2.34. The Morgan fingerprint density at radius 3 is 2.63 bits per heavy atom. The standard InChI is InChI=1S/C27H34N4O4/c1-19(2)16-30-12-13-35-22(17-30)15-28-27(32)26-23(18-31(29-26)21-8-6-5-7-9-21)20-10-11-24(33-3)25(14-20)34-4/h5-11,14,18-19,22H,12-13,15-17H2,1-4H3,(H,28,32). The van der Waals surface area contributed by atoms with Crippen LogP contribution in [0.5, 0.6) is 11.5 Å². The number of nitrogens with one attached hydrogen (secondary N) is 1. The average molecular weight is 479 g/mol. The first kappa shape index (κ1) is 24.8. The van der Waals surface area contributed by atoms with Crippen LogP contribution in [-0.4, -0.2) is 73.7 Å². The Kier molecular flexibility index (Phi) is 8.05. The maximum Gasteiger partial charge on any atom is 0.272 e. The van der Waals surface area contributed by atoms with Gasteiger partial charge in [-0.2, -0.15) is 5.10 Å². The molecular weight excluding hydrogens is 444 g/mol. The number of morpholine rings is 1. The molecule has 35 heavy (non-hydrogen) atoms. The molecule has 1 aliphatic rings. The Bertz CT molecular complexity index is 1130. The lowest BCUT2D eigenvalue weighted by Gasteiger charge is -2.33. The molecule has 1 aliphatic heterocycles. The van der Waals surface area contributed by atoms with Crippen molar-refractivity contribution in [1.82, 2.24) is 20.0 Å². The fourth-order valence-electron chi connectivity index (χ4n) is 4.35. The van der Waals surface area contributed by atoms with Crippen LogP contribution in [0.15, 0.2) is 54.7 Å². The van der Waals surface area contributed by atoms with E-state index in [9.17, 15) is 4.79 Å².